The van der Waals surface area contributed by atoms with Crippen molar-refractivity contribution in [1.82, 2.24) is 0 Å². The van der Waals surface area contributed by atoms with Gasteiger partial charge in [0, 0.05) is 0 Å². The fourth-order valence-electron chi connectivity index (χ4n) is 2.78. The summed E-state index contributed by atoms with van der Waals surface area (Å²) in [6.45, 7) is 4.17. The Hall–Kier alpha value is 0.246. The van der Waals surface area contributed by atoms with Crippen molar-refractivity contribution in [2.24, 2.45) is 0 Å². The topological polar surface area (TPSA) is 57.2 Å². The number of rotatable bonds is 7. The van der Waals surface area contributed by atoms with Crippen molar-refractivity contribution in [1.29, 1.82) is 0 Å². The number of hydrogen-bond acceptors (Lipinski definition) is 3. The number of fused-ring (bicyclic) bond motifs is 1. The summed E-state index contributed by atoms with van der Waals surface area (Å²) in [7, 11) is -4.48. The maximum Gasteiger partial charge on any atom is 1.00 e. The second kappa shape index (κ2) is 9.66. The van der Waals surface area contributed by atoms with Gasteiger partial charge in [-0.1, -0.05) is 51.0 Å². The fourth-order valence-corrected chi connectivity index (χ4v) is 3.72. The van der Waals surface area contributed by atoms with Crippen molar-refractivity contribution in [2.45, 2.75) is 57.3 Å². The number of benzene rings is 2. The van der Waals surface area contributed by atoms with Crippen molar-refractivity contribution < 1.29 is 64.4 Å². The molecule has 5 heteroatoms. The molecule has 0 saturated heterocycles. The molecule has 0 bridgehead atoms. The van der Waals surface area contributed by atoms with Crippen LogP contribution in [0.1, 0.15) is 50.7 Å². The summed E-state index contributed by atoms with van der Waals surface area (Å²) in [6, 6.07) is 9.52. The van der Waals surface area contributed by atoms with Crippen LogP contribution in [0.15, 0.2) is 35.2 Å². The number of aryl methyl sites for hydroxylation is 2. The molecule has 23 heavy (non-hydrogen) atoms. The predicted molar refractivity (Wildman–Crippen MR) is 89.1 cm³/mol. The standard InChI is InChI=1S/C18H24O3S.K/c1-3-5-7-14-9-10-15-11-12-16(8-6-4-2)18(17(15)13-14)22(19,20)21;/h9-13H,3-8H2,1-2H3,(H,19,20,21);/q;+1/p-1. The molecule has 2 rings (SSSR count). The molecule has 0 amide bonds. The van der Waals surface area contributed by atoms with Crippen LogP contribution in [-0.2, 0) is 23.0 Å². The van der Waals surface area contributed by atoms with Gasteiger partial charge in [0.25, 0.3) is 0 Å². The van der Waals surface area contributed by atoms with Crippen molar-refractivity contribution in [3.05, 3.63) is 41.5 Å². The largest absolute Gasteiger partial charge is 1.00 e. The van der Waals surface area contributed by atoms with Crippen LogP contribution in [0.3, 0.4) is 0 Å². The van der Waals surface area contributed by atoms with Gasteiger partial charge in [0.1, 0.15) is 10.1 Å². The monoisotopic (exact) mass is 358 g/mol. The quantitative estimate of drug-likeness (QED) is 0.556. The van der Waals surface area contributed by atoms with Crippen molar-refractivity contribution in [3.8, 4) is 0 Å². The maximum absolute atomic E-state index is 11.8. The molecule has 120 valence electrons. The van der Waals surface area contributed by atoms with Crippen molar-refractivity contribution >= 4 is 20.9 Å². The van der Waals surface area contributed by atoms with E-state index in [1.165, 1.54) is 0 Å². The van der Waals surface area contributed by atoms with Gasteiger partial charge in [0.2, 0.25) is 0 Å². The van der Waals surface area contributed by atoms with E-state index in [1.807, 2.05) is 24.3 Å². The molecule has 0 aromatic heterocycles. The SMILES string of the molecule is CCCCc1ccc2ccc(CCCC)c(S(=O)(=O)[O-])c2c1.[K+]. The second-order valence-electron chi connectivity index (χ2n) is 5.77. The van der Waals surface area contributed by atoms with Crippen molar-refractivity contribution in [2.75, 3.05) is 0 Å². The van der Waals surface area contributed by atoms with Crippen LogP contribution < -0.4 is 51.4 Å². The summed E-state index contributed by atoms with van der Waals surface area (Å²) >= 11 is 0. The molecule has 0 spiro atoms. The van der Waals surface area contributed by atoms with Crippen LogP contribution in [0.25, 0.3) is 10.8 Å². The Kier molecular flexibility index (Phi) is 8.94. The summed E-state index contributed by atoms with van der Waals surface area (Å²) in [5.74, 6) is 0. The molecule has 2 aromatic rings. The van der Waals surface area contributed by atoms with E-state index >= 15 is 0 Å². The van der Waals surface area contributed by atoms with Crippen LogP contribution in [-0.4, -0.2) is 13.0 Å². The van der Waals surface area contributed by atoms with Gasteiger partial charge in [0.05, 0.1) is 4.90 Å². The molecule has 3 nitrogen and oxygen atoms in total. The first-order chi connectivity index (χ1) is 10.5. The van der Waals surface area contributed by atoms with E-state index in [2.05, 4.69) is 13.8 Å². The third kappa shape index (κ3) is 5.63. The van der Waals surface area contributed by atoms with Gasteiger partial charge in [-0.2, -0.15) is 0 Å². The average molecular weight is 359 g/mol. The first kappa shape index (κ1) is 21.3. The summed E-state index contributed by atoms with van der Waals surface area (Å²) in [5.41, 5.74) is 1.74. The zero-order valence-electron chi connectivity index (χ0n) is 14.3. The average Bonchev–Trinajstić information content (AvgIpc) is 2.48. The minimum atomic E-state index is -4.48. The summed E-state index contributed by atoms with van der Waals surface area (Å²) in [4.78, 5) is -0.0169. The molecule has 0 N–H and O–H groups in total. The van der Waals surface area contributed by atoms with Gasteiger partial charge in [-0.05, 0) is 53.6 Å². The maximum atomic E-state index is 11.8. The Labute approximate surface area is 182 Å². The Balaban J connectivity index is 0.00000264. The summed E-state index contributed by atoms with van der Waals surface area (Å²) in [5, 5.41) is 1.40. The normalized spacial score (nSPS) is 11.4. The molecule has 0 radical (unpaired) electrons. The van der Waals surface area contributed by atoms with E-state index in [-0.39, 0.29) is 56.3 Å². The molecule has 0 aliphatic rings. The Morgan fingerprint density at radius 3 is 2.17 bits per heavy atom. The molecule has 0 aliphatic carbocycles. The Bertz CT molecular complexity index is 749. The van der Waals surface area contributed by atoms with Crippen molar-refractivity contribution in [3.63, 3.8) is 0 Å². The number of hydrogen-bond donors (Lipinski definition) is 0. The van der Waals surface area contributed by atoms with Gasteiger partial charge in [-0.3, -0.25) is 0 Å². The molecule has 0 heterocycles. The summed E-state index contributed by atoms with van der Waals surface area (Å²) in [6.07, 6.45) is 5.52. The minimum Gasteiger partial charge on any atom is -0.744 e. The third-order valence-corrected chi connectivity index (χ3v) is 4.97. The molecular weight excluding hydrogens is 335 g/mol. The molecule has 0 fully saturated rings. The van der Waals surface area contributed by atoms with Crippen LogP contribution in [0.2, 0.25) is 0 Å². The molecule has 2 aromatic carbocycles. The van der Waals surface area contributed by atoms with Gasteiger partial charge < -0.3 is 4.55 Å². The first-order valence-electron chi connectivity index (χ1n) is 7.97. The molecule has 0 atom stereocenters. The Morgan fingerprint density at radius 2 is 1.57 bits per heavy atom. The van der Waals surface area contributed by atoms with E-state index < -0.39 is 10.1 Å². The van der Waals surface area contributed by atoms with Crippen LogP contribution in [0, 0.1) is 0 Å². The van der Waals surface area contributed by atoms with Gasteiger partial charge >= 0.3 is 51.4 Å². The molecule has 0 aliphatic heterocycles. The van der Waals surface area contributed by atoms with Crippen LogP contribution >= 0.6 is 0 Å². The van der Waals surface area contributed by atoms with Crippen LogP contribution in [0.5, 0.6) is 0 Å². The molecule has 0 unspecified atom stereocenters. The first-order valence-corrected chi connectivity index (χ1v) is 9.38. The van der Waals surface area contributed by atoms with Gasteiger partial charge in [-0.15, -0.1) is 0 Å². The molecule has 0 saturated carbocycles. The van der Waals surface area contributed by atoms with Crippen LogP contribution in [0.4, 0.5) is 0 Å². The van der Waals surface area contributed by atoms with E-state index in [1.54, 1.807) is 6.07 Å². The fraction of sp³-hybridized carbons (Fsp3) is 0.444. The second-order valence-corrected chi connectivity index (χ2v) is 7.09. The van der Waals surface area contributed by atoms with Gasteiger partial charge in [0.15, 0.2) is 0 Å². The zero-order chi connectivity index (χ0) is 16.2. The van der Waals surface area contributed by atoms with Gasteiger partial charge in [-0.25, -0.2) is 8.42 Å². The smallest absolute Gasteiger partial charge is 0.744 e. The Morgan fingerprint density at radius 1 is 0.957 bits per heavy atom. The zero-order valence-corrected chi connectivity index (χ0v) is 18.2. The van der Waals surface area contributed by atoms with E-state index in [0.717, 1.165) is 43.1 Å². The number of unbranched alkanes of at least 4 members (excludes halogenated alkanes) is 2. The van der Waals surface area contributed by atoms with E-state index in [0.29, 0.717) is 17.4 Å². The minimum absolute atomic E-state index is 0. The third-order valence-electron chi connectivity index (χ3n) is 3.99. The molecular formula is C18H23KO3S. The van der Waals surface area contributed by atoms with E-state index in [4.69, 9.17) is 0 Å². The summed E-state index contributed by atoms with van der Waals surface area (Å²) < 4.78 is 35.4. The van der Waals surface area contributed by atoms with E-state index in [9.17, 15) is 13.0 Å². The predicted octanol–water partition coefficient (Wildman–Crippen LogP) is 1.43.